The van der Waals surface area contributed by atoms with Crippen molar-refractivity contribution in [2.45, 2.75) is 18.8 Å². The van der Waals surface area contributed by atoms with Gasteiger partial charge in [-0.15, -0.1) is 0 Å². The Hall–Kier alpha value is -1.54. The van der Waals surface area contributed by atoms with E-state index in [2.05, 4.69) is 24.3 Å². The minimum Gasteiger partial charge on any atom is -0.469 e. The summed E-state index contributed by atoms with van der Waals surface area (Å²) in [6.45, 7) is 0.693. The van der Waals surface area contributed by atoms with Crippen molar-refractivity contribution >= 4 is 0 Å². The average Bonchev–Trinajstić information content (AvgIpc) is 2.83. The first-order chi connectivity index (χ1) is 7.90. The molecule has 1 aromatic carbocycles. The molecule has 2 aromatic rings. The van der Waals surface area contributed by atoms with Gasteiger partial charge in [0.15, 0.2) is 0 Å². The Morgan fingerprint density at radius 2 is 1.88 bits per heavy atom. The third-order valence-electron chi connectivity index (χ3n) is 2.79. The van der Waals surface area contributed by atoms with E-state index in [0.29, 0.717) is 12.5 Å². The predicted molar refractivity (Wildman–Crippen MR) is 65.3 cm³/mol. The van der Waals surface area contributed by atoms with Crippen LogP contribution in [0.4, 0.5) is 0 Å². The van der Waals surface area contributed by atoms with Crippen molar-refractivity contribution in [3.63, 3.8) is 0 Å². The fourth-order valence-corrected chi connectivity index (χ4v) is 1.97. The third-order valence-corrected chi connectivity index (χ3v) is 2.79. The summed E-state index contributed by atoms with van der Waals surface area (Å²) >= 11 is 0. The summed E-state index contributed by atoms with van der Waals surface area (Å²) in [5.41, 5.74) is 6.98. The van der Waals surface area contributed by atoms with Gasteiger partial charge < -0.3 is 10.2 Å². The van der Waals surface area contributed by atoms with Crippen LogP contribution < -0.4 is 5.73 Å². The van der Waals surface area contributed by atoms with Gasteiger partial charge in [0.1, 0.15) is 5.76 Å². The van der Waals surface area contributed by atoms with Crippen LogP contribution in [-0.2, 0) is 6.42 Å². The molecule has 2 nitrogen and oxygen atoms in total. The van der Waals surface area contributed by atoms with Crippen molar-refractivity contribution in [2.24, 2.45) is 5.73 Å². The molecule has 0 unspecified atom stereocenters. The Kier molecular flexibility index (Phi) is 3.78. The normalized spacial score (nSPS) is 12.6. The van der Waals surface area contributed by atoms with Gasteiger partial charge in [0.25, 0.3) is 0 Å². The molecule has 0 amide bonds. The van der Waals surface area contributed by atoms with E-state index in [4.69, 9.17) is 10.2 Å². The molecule has 0 saturated carbocycles. The molecule has 84 valence electrons. The zero-order valence-corrected chi connectivity index (χ0v) is 9.30. The maximum Gasteiger partial charge on any atom is 0.107 e. The van der Waals surface area contributed by atoms with Crippen LogP contribution in [0.5, 0.6) is 0 Å². The summed E-state index contributed by atoms with van der Waals surface area (Å²) in [6.07, 6.45) is 3.68. The first-order valence-corrected chi connectivity index (χ1v) is 5.67. The predicted octanol–water partition coefficient (Wildman–Crippen LogP) is 2.95. The molecule has 1 heterocycles. The van der Waals surface area contributed by atoms with E-state index in [1.54, 1.807) is 6.26 Å². The number of nitrogens with two attached hydrogens (primary N) is 1. The first kappa shape index (κ1) is 11.0. The fourth-order valence-electron chi connectivity index (χ4n) is 1.97. The van der Waals surface area contributed by atoms with E-state index in [1.807, 2.05) is 18.2 Å². The summed E-state index contributed by atoms with van der Waals surface area (Å²) < 4.78 is 5.46. The molecular formula is C14H17NO. The Morgan fingerprint density at radius 3 is 2.50 bits per heavy atom. The highest BCUT2D eigenvalue weighted by atomic mass is 16.3. The van der Waals surface area contributed by atoms with Gasteiger partial charge in [-0.3, -0.25) is 0 Å². The number of hydrogen-bond acceptors (Lipinski definition) is 2. The van der Waals surface area contributed by atoms with Crippen LogP contribution in [0.3, 0.4) is 0 Å². The Morgan fingerprint density at radius 1 is 1.06 bits per heavy atom. The lowest BCUT2D eigenvalue weighted by Crippen LogP contribution is -2.09. The van der Waals surface area contributed by atoms with Crippen LogP contribution in [0.25, 0.3) is 0 Å². The fraction of sp³-hybridized carbons (Fsp3) is 0.286. The average molecular weight is 215 g/mol. The van der Waals surface area contributed by atoms with E-state index in [-0.39, 0.29) is 0 Å². The Balaban J connectivity index is 2.09. The maximum absolute atomic E-state index is 5.65. The van der Waals surface area contributed by atoms with Crippen LogP contribution in [0.2, 0.25) is 0 Å². The summed E-state index contributed by atoms with van der Waals surface area (Å²) in [4.78, 5) is 0. The van der Waals surface area contributed by atoms with Crippen molar-refractivity contribution in [3.05, 3.63) is 60.1 Å². The van der Waals surface area contributed by atoms with Crippen LogP contribution in [-0.4, -0.2) is 6.54 Å². The molecule has 0 spiro atoms. The SMILES string of the molecule is NCC[C@@H](Cc1ccccc1)c1ccco1. The van der Waals surface area contributed by atoms with Crippen molar-refractivity contribution in [1.29, 1.82) is 0 Å². The lowest BCUT2D eigenvalue weighted by Gasteiger charge is -2.13. The van der Waals surface area contributed by atoms with Gasteiger partial charge in [0.2, 0.25) is 0 Å². The van der Waals surface area contributed by atoms with Gasteiger partial charge in [-0.2, -0.15) is 0 Å². The number of benzene rings is 1. The number of rotatable bonds is 5. The molecule has 0 fully saturated rings. The molecule has 0 saturated heterocycles. The highest BCUT2D eigenvalue weighted by molar-refractivity contribution is 5.18. The monoisotopic (exact) mass is 215 g/mol. The van der Waals surface area contributed by atoms with E-state index >= 15 is 0 Å². The van der Waals surface area contributed by atoms with Crippen LogP contribution in [0.15, 0.2) is 53.1 Å². The topological polar surface area (TPSA) is 39.2 Å². The quantitative estimate of drug-likeness (QED) is 0.832. The molecule has 2 rings (SSSR count). The number of furan rings is 1. The van der Waals surface area contributed by atoms with E-state index < -0.39 is 0 Å². The van der Waals surface area contributed by atoms with Crippen LogP contribution in [0.1, 0.15) is 23.7 Å². The van der Waals surface area contributed by atoms with E-state index in [1.165, 1.54) is 5.56 Å². The van der Waals surface area contributed by atoms with Gasteiger partial charge in [-0.25, -0.2) is 0 Å². The lowest BCUT2D eigenvalue weighted by molar-refractivity contribution is 0.446. The largest absolute Gasteiger partial charge is 0.469 e. The standard InChI is InChI=1S/C14H17NO/c15-9-8-13(14-7-4-10-16-14)11-12-5-2-1-3-6-12/h1-7,10,13H,8-9,11,15H2/t13-/m0/s1. The van der Waals surface area contributed by atoms with Gasteiger partial charge >= 0.3 is 0 Å². The minimum absolute atomic E-state index is 0.391. The molecule has 0 aliphatic heterocycles. The zero-order valence-electron chi connectivity index (χ0n) is 9.30. The molecule has 1 atom stereocenters. The molecule has 2 N–H and O–H groups in total. The highest BCUT2D eigenvalue weighted by Gasteiger charge is 2.13. The van der Waals surface area contributed by atoms with Crippen LogP contribution >= 0.6 is 0 Å². The van der Waals surface area contributed by atoms with E-state index in [0.717, 1.165) is 18.6 Å². The lowest BCUT2D eigenvalue weighted by atomic mass is 9.94. The molecular weight excluding hydrogens is 198 g/mol. The van der Waals surface area contributed by atoms with Crippen molar-refractivity contribution in [1.82, 2.24) is 0 Å². The Labute approximate surface area is 96.1 Å². The summed E-state index contributed by atoms with van der Waals surface area (Å²) in [5, 5.41) is 0. The molecule has 0 aliphatic carbocycles. The van der Waals surface area contributed by atoms with Crippen molar-refractivity contribution < 1.29 is 4.42 Å². The van der Waals surface area contributed by atoms with Gasteiger partial charge in [0, 0.05) is 5.92 Å². The van der Waals surface area contributed by atoms with Crippen LogP contribution in [0, 0.1) is 0 Å². The molecule has 0 bridgehead atoms. The molecule has 0 aliphatic rings. The smallest absolute Gasteiger partial charge is 0.107 e. The second-order valence-electron chi connectivity index (χ2n) is 3.98. The molecule has 0 radical (unpaired) electrons. The maximum atomic E-state index is 5.65. The van der Waals surface area contributed by atoms with Gasteiger partial charge in [-0.1, -0.05) is 30.3 Å². The highest BCUT2D eigenvalue weighted by Crippen LogP contribution is 2.24. The summed E-state index contributed by atoms with van der Waals surface area (Å²) in [7, 11) is 0. The number of hydrogen-bond donors (Lipinski definition) is 1. The minimum atomic E-state index is 0.391. The zero-order chi connectivity index (χ0) is 11.2. The van der Waals surface area contributed by atoms with Crippen molar-refractivity contribution in [3.8, 4) is 0 Å². The van der Waals surface area contributed by atoms with E-state index in [9.17, 15) is 0 Å². The first-order valence-electron chi connectivity index (χ1n) is 5.67. The second kappa shape index (κ2) is 5.52. The van der Waals surface area contributed by atoms with Crippen molar-refractivity contribution in [2.75, 3.05) is 6.54 Å². The third kappa shape index (κ3) is 2.74. The second-order valence-corrected chi connectivity index (χ2v) is 3.98. The van der Waals surface area contributed by atoms with Gasteiger partial charge in [0.05, 0.1) is 6.26 Å². The molecule has 1 aromatic heterocycles. The summed E-state index contributed by atoms with van der Waals surface area (Å²) in [6, 6.07) is 14.4. The van der Waals surface area contributed by atoms with Gasteiger partial charge in [-0.05, 0) is 37.1 Å². The molecule has 2 heteroatoms. The Bertz CT molecular complexity index is 394. The summed E-state index contributed by atoms with van der Waals surface area (Å²) in [5.74, 6) is 1.43. The molecule has 16 heavy (non-hydrogen) atoms.